The van der Waals surface area contributed by atoms with Crippen LogP contribution < -0.4 is 0 Å². The summed E-state index contributed by atoms with van der Waals surface area (Å²) in [7, 11) is 0. The van der Waals surface area contributed by atoms with E-state index in [4.69, 9.17) is 0 Å². The van der Waals surface area contributed by atoms with E-state index in [1.54, 1.807) is 6.20 Å². The number of carbonyl (C=O) groups excluding carboxylic acids is 1. The van der Waals surface area contributed by atoms with Gasteiger partial charge in [-0.15, -0.1) is 0 Å². The molecule has 0 radical (unpaired) electrons. The first-order chi connectivity index (χ1) is 9.34. The minimum Gasteiger partial charge on any atom is -0.292 e. The molecule has 0 amide bonds. The number of carbonyl (C=O) groups is 1. The van der Waals surface area contributed by atoms with Crippen LogP contribution in [-0.4, -0.2) is 10.8 Å². The Morgan fingerprint density at radius 3 is 2.47 bits per heavy atom. The molecule has 2 heteroatoms. The van der Waals surface area contributed by atoms with Crippen molar-refractivity contribution >= 4 is 16.6 Å². The molecule has 0 spiro atoms. The summed E-state index contributed by atoms with van der Waals surface area (Å²) in [5.41, 5.74) is 1.57. The van der Waals surface area contributed by atoms with Gasteiger partial charge in [-0.2, -0.15) is 0 Å². The van der Waals surface area contributed by atoms with Crippen molar-refractivity contribution in [2.24, 2.45) is 0 Å². The SMILES string of the molecule is O=C(Cc1ccccc1)c1nccc2ccccc12. The fourth-order valence-electron chi connectivity index (χ4n) is 2.21. The zero-order chi connectivity index (χ0) is 13.1. The molecule has 2 aromatic carbocycles. The van der Waals surface area contributed by atoms with E-state index in [1.165, 1.54) is 0 Å². The maximum atomic E-state index is 12.4. The highest BCUT2D eigenvalue weighted by atomic mass is 16.1. The van der Waals surface area contributed by atoms with E-state index in [1.807, 2.05) is 60.7 Å². The average Bonchev–Trinajstić information content (AvgIpc) is 2.47. The molecule has 0 fully saturated rings. The number of Topliss-reactive ketones (excluding diaryl/α,β-unsaturated/α-hetero) is 1. The molecule has 19 heavy (non-hydrogen) atoms. The zero-order valence-electron chi connectivity index (χ0n) is 10.4. The van der Waals surface area contributed by atoms with E-state index in [9.17, 15) is 4.79 Å². The van der Waals surface area contributed by atoms with E-state index in [0.717, 1.165) is 16.3 Å². The highest BCUT2D eigenvalue weighted by Gasteiger charge is 2.11. The van der Waals surface area contributed by atoms with E-state index in [0.29, 0.717) is 12.1 Å². The molecule has 0 atom stereocenters. The first-order valence-electron chi connectivity index (χ1n) is 6.25. The zero-order valence-corrected chi connectivity index (χ0v) is 10.4. The van der Waals surface area contributed by atoms with E-state index >= 15 is 0 Å². The summed E-state index contributed by atoms with van der Waals surface area (Å²) < 4.78 is 0. The van der Waals surface area contributed by atoms with Crippen molar-refractivity contribution in [3.05, 3.63) is 78.1 Å². The molecular formula is C17H13NO. The lowest BCUT2D eigenvalue weighted by molar-refractivity contribution is 0.0990. The van der Waals surface area contributed by atoms with Gasteiger partial charge in [0.2, 0.25) is 0 Å². The van der Waals surface area contributed by atoms with Gasteiger partial charge in [0.25, 0.3) is 0 Å². The Morgan fingerprint density at radius 1 is 0.895 bits per heavy atom. The number of rotatable bonds is 3. The Balaban J connectivity index is 1.98. The van der Waals surface area contributed by atoms with Gasteiger partial charge in [0, 0.05) is 18.0 Å². The lowest BCUT2D eigenvalue weighted by atomic mass is 10.0. The summed E-state index contributed by atoms with van der Waals surface area (Å²) in [4.78, 5) is 16.6. The molecule has 1 aromatic heterocycles. The Hall–Kier alpha value is -2.48. The summed E-state index contributed by atoms with van der Waals surface area (Å²) in [6.45, 7) is 0. The monoisotopic (exact) mass is 247 g/mol. The second-order valence-corrected chi connectivity index (χ2v) is 4.47. The van der Waals surface area contributed by atoms with Crippen LogP contribution in [0, 0.1) is 0 Å². The first-order valence-corrected chi connectivity index (χ1v) is 6.25. The van der Waals surface area contributed by atoms with Crippen molar-refractivity contribution < 1.29 is 4.79 Å². The van der Waals surface area contributed by atoms with Crippen LogP contribution in [0.3, 0.4) is 0 Å². The van der Waals surface area contributed by atoms with Crippen LogP contribution >= 0.6 is 0 Å². The molecule has 0 aliphatic heterocycles. The number of hydrogen-bond donors (Lipinski definition) is 0. The van der Waals surface area contributed by atoms with Gasteiger partial charge in [0.1, 0.15) is 5.69 Å². The second kappa shape index (κ2) is 5.02. The van der Waals surface area contributed by atoms with Crippen molar-refractivity contribution in [1.29, 1.82) is 0 Å². The maximum absolute atomic E-state index is 12.4. The first kappa shape index (κ1) is 11.6. The predicted octanol–water partition coefficient (Wildman–Crippen LogP) is 3.66. The van der Waals surface area contributed by atoms with Gasteiger partial charge in [-0.05, 0) is 17.0 Å². The number of aromatic nitrogens is 1. The molecule has 0 N–H and O–H groups in total. The topological polar surface area (TPSA) is 30.0 Å². The summed E-state index contributed by atoms with van der Waals surface area (Å²) in [6, 6.07) is 19.5. The summed E-state index contributed by atoms with van der Waals surface area (Å²) in [6.07, 6.45) is 2.09. The van der Waals surface area contributed by atoms with Crippen molar-refractivity contribution in [2.75, 3.05) is 0 Å². The Bertz CT molecular complexity index is 714. The van der Waals surface area contributed by atoms with Crippen LogP contribution in [0.4, 0.5) is 0 Å². The number of nitrogens with zero attached hydrogens (tertiary/aromatic N) is 1. The Kier molecular flexibility index (Phi) is 3.07. The number of benzene rings is 2. The smallest absolute Gasteiger partial charge is 0.186 e. The van der Waals surface area contributed by atoms with Gasteiger partial charge in [-0.3, -0.25) is 9.78 Å². The van der Waals surface area contributed by atoms with Gasteiger partial charge in [-0.25, -0.2) is 0 Å². The molecule has 3 aromatic rings. The highest BCUT2D eigenvalue weighted by Crippen LogP contribution is 2.18. The van der Waals surface area contributed by atoms with Crippen LogP contribution in [0.25, 0.3) is 10.8 Å². The average molecular weight is 247 g/mol. The van der Waals surface area contributed by atoms with Crippen LogP contribution in [0.15, 0.2) is 66.9 Å². The maximum Gasteiger partial charge on any atom is 0.186 e. The van der Waals surface area contributed by atoms with Gasteiger partial charge in [0.15, 0.2) is 5.78 Å². The molecule has 0 saturated heterocycles. The van der Waals surface area contributed by atoms with Crippen molar-refractivity contribution in [3.8, 4) is 0 Å². The summed E-state index contributed by atoms with van der Waals surface area (Å²) in [5.74, 6) is 0.0583. The van der Waals surface area contributed by atoms with Crippen molar-refractivity contribution in [1.82, 2.24) is 4.98 Å². The van der Waals surface area contributed by atoms with Crippen LogP contribution in [0.2, 0.25) is 0 Å². The minimum absolute atomic E-state index is 0.0583. The molecule has 0 aliphatic carbocycles. The number of pyridine rings is 1. The molecule has 2 nitrogen and oxygen atoms in total. The van der Waals surface area contributed by atoms with Crippen molar-refractivity contribution in [2.45, 2.75) is 6.42 Å². The molecule has 1 heterocycles. The number of ketones is 1. The standard InChI is InChI=1S/C17H13NO/c19-16(12-13-6-2-1-3-7-13)17-15-9-5-4-8-14(15)10-11-18-17/h1-11H,12H2. The normalized spacial score (nSPS) is 10.5. The number of hydrogen-bond acceptors (Lipinski definition) is 2. The third-order valence-electron chi connectivity index (χ3n) is 3.15. The predicted molar refractivity (Wildman–Crippen MR) is 76.2 cm³/mol. The second-order valence-electron chi connectivity index (χ2n) is 4.47. The lowest BCUT2D eigenvalue weighted by Crippen LogP contribution is -2.06. The molecular weight excluding hydrogens is 234 g/mol. The van der Waals surface area contributed by atoms with Crippen LogP contribution in [-0.2, 0) is 6.42 Å². The minimum atomic E-state index is 0.0583. The quantitative estimate of drug-likeness (QED) is 0.661. The van der Waals surface area contributed by atoms with E-state index in [-0.39, 0.29) is 5.78 Å². The lowest BCUT2D eigenvalue weighted by Gasteiger charge is -2.04. The van der Waals surface area contributed by atoms with Crippen molar-refractivity contribution in [3.63, 3.8) is 0 Å². The fraction of sp³-hybridized carbons (Fsp3) is 0.0588. The Labute approximate surface area is 111 Å². The molecule has 3 rings (SSSR count). The number of fused-ring (bicyclic) bond motifs is 1. The molecule has 0 unspecified atom stereocenters. The molecule has 0 bridgehead atoms. The highest BCUT2D eigenvalue weighted by molar-refractivity contribution is 6.07. The molecule has 92 valence electrons. The van der Waals surface area contributed by atoms with Gasteiger partial charge >= 0.3 is 0 Å². The van der Waals surface area contributed by atoms with E-state index in [2.05, 4.69) is 4.98 Å². The Morgan fingerprint density at radius 2 is 1.63 bits per heavy atom. The van der Waals surface area contributed by atoms with Gasteiger partial charge in [0.05, 0.1) is 0 Å². The summed E-state index contributed by atoms with van der Waals surface area (Å²) >= 11 is 0. The summed E-state index contributed by atoms with van der Waals surface area (Å²) in [5, 5.41) is 1.97. The van der Waals surface area contributed by atoms with Gasteiger partial charge < -0.3 is 0 Å². The third-order valence-corrected chi connectivity index (χ3v) is 3.15. The third kappa shape index (κ3) is 2.38. The molecule has 0 saturated carbocycles. The molecule has 0 aliphatic rings. The van der Waals surface area contributed by atoms with Crippen LogP contribution in [0.1, 0.15) is 16.1 Å². The fourth-order valence-corrected chi connectivity index (χ4v) is 2.21. The van der Waals surface area contributed by atoms with Crippen LogP contribution in [0.5, 0.6) is 0 Å². The van der Waals surface area contributed by atoms with Gasteiger partial charge in [-0.1, -0.05) is 54.6 Å². The largest absolute Gasteiger partial charge is 0.292 e. The van der Waals surface area contributed by atoms with E-state index < -0.39 is 0 Å².